The van der Waals surface area contributed by atoms with Gasteiger partial charge in [0.15, 0.2) is 11.3 Å². The van der Waals surface area contributed by atoms with Gasteiger partial charge in [0.1, 0.15) is 5.82 Å². The summed E-state index contributed by atoms with van der Waals surface area (Å²) >= 11 is 0. The standard InChI is InChI=1S/C23H27FN4O3/c1-14(2)20-19-18(27-11-9-23(3,31-4)10-12-27)13-17(22(29)30)25-21(19)28(26-20)16-7-5-15(24)6-8-16/h5-8,13-14H,9-12H2,1-4H3,(H,29,30). The number of anilines is 1. The van der Waals surface area contributed by atoms with Gasteiger partial charge in [-0.3, -0.25) is 0 Å². The number of carboxylic acid groups (broad SMARTS) is 1. The molecule has 3 heterocycles. The number of hydrogen-bond acceptors (Lipinski definition) is 5. The van der Waals surface area contributed by atoms with Crippen molar-refractivity contribution in [1.29, 1.82) is 0 Å². The molecule has 0 spiro atoms. The van der Waals surface area contributed by atoms with E-state index in [-0.39, 0.29) is 23.0 Å². The highest BCUT2D eigenvalue weighted by Gasteiger charge is 2.32. The number of carbonyl (C=O) groups is 1. The smallest absolute Gasteiger partial charge is 0.354 e. The summed E-state index contributed by atoms with van der Waals surface area (Å²) in [7, 11) is 1.73. The van der Waals surface area contributed by atoms with Crippen molar-refractivity contribution < 1.29 is 19.0 Å². The van der Waals surface area contributed by atoms with Crippen molar-refractivity contribution in [2.24, 2.45) is 0 Å². The average Bonchev–Trinajstić information content (AvgIpc) is 3.14. The predicted molar refractivity (Wildman–Crippen MR) is 117 cm³/mol. The number of fused-ring (bicyclic) bond motifs is 1. The zero-order chi connectivity index (χ0) is 22.3. The van der Waals surface area contributed by atoms with Crippen LogP contribution in [0.4, 0.5) is 10.1 Å². The van der Waals surface area contributed by atoms with Crippen molar-refractivity contribution in [1.82, 2.24) is 14.8 Å². The molecule has 2 aromatic heterocycles. The van der Waals surface area contributed by atoms with Crippen LogP contribution in [0.5, 0.6) is 0 Å². The zero-order valence-electron chi connectivity index (χ0n) is 18.2. The lowest BCUT2D eigenvalue weighted by Gasteiger charge is -2.39. The number of rotatable bonds is 5. The molecule has 1 fully saturated rings. The van der Waals surface area contributed by atoms with Gasteiger partial charge in [-0.1, -0.05) is 13.8 Å². The Balaban J connectivity index is 1.93. The number of halogens is 1. The summed E-state index contributed by atoms with van der Waals surface area (Å²) in [6.45, 7) is 7.67. The van der Waals surface area contributed by atoms with Crippen LogP contribution < -0.4 is 4.90 Å². The van der Waals surface area contributed by atoms with Gasteiger partial charge in [0, 0.05) is 20.2 Å². The molecule has 1 aliphatic rings. The molecule has 0 radical (unpaired) electrons. The summed E-state index contributed by atoms with van der Waals surface area (Å²) in [6, 6.07) is 7.59. The number of piperidine rings is 1. The van der Waals surface area contributed by atoms with E-state index in [2.05, 4.69) is 16.8 Å². The molecule has 0 unspecified atom stereocenters. The Hall–Kier alpha value is -3.00. The number of aromatic nitrogens is 3. The molecule has 1 aromatic carbocycles. The van der Waals surface area contributed by atoms with Crippen molar-refractivity contribution in [3.63, 3.8) is 0 Å². The summed E-state index contributed by atoms with van der Waals surface area (Å²) in [5, 5.41) is 15.3. The van der Waals surface area contributed by atoms with Crippen molar-refractivity contribution in [2.75, 3.05) is 25.1 Å². The SMILES string of the molecule is COC1(C)CCN(c2cc(C(=O)O)nc3c2c(C(C)C)nn3-c2ccc(F)cc2)CC1. The second kappa shape index (κ2) is 7.92. The summed E-state index contributed by atoms with van der Waals surface area (Å²) < 4.78 is 20.8. The highest BCUT2D eigenvalue weighted by Crippen LogP contribution is 2.37. The molecule has 3 aromatic rings. The summed E-state index contributed by atoms with van der Waals surface area (Å²) in [4.78, 5) is 18.5. The van der Waals surface area contributed by atoms with Crippen LogP contribution in [0.25, 0.3) is 16.7 Å². The Morgan fingerprint density at radius 3 is 2.42 bits per heavy atom. The van der Waals surface area contributed by atoms with E-state index in [0.29, 0.717) is 11.3 Å². The van der Waals surface area contributed by atoms with Crippen molar-refractivity contribution in [2.45, 2.75) is 45.1 Å². The Morgan fingerprint density at radius 1 is 1.23 bits per heavy atom. The van der Waals surface area contributed by atoms with Crippen LogP contribution in [-0.4, -0.2) is 51.6 Å². The quantitative estimate of drug-likeness (QED) is 0.652. The first-order valence-corrected chi connectivity index (χ1v) is 10.5. The minimum Gasteiger partial charge on any atom is -0.477 e. The van der Waals surface area contributed by atoms with E-state index in [1.54, 1.807) is 30.0 Å². The number of aromatic carboxylic acids is 1. The molecule has 1 N–H and O–H groups in total. The third-order valence-corrected chi connectivity index (χ3v) is 6.14. The molecule has 0 aliphatic carbocycles. The van der Waals surface area contributed by atoms with Crippen molar-refractivity contribution >= 4 is 22.7 Å². The molecule has 0 amide bonds. The molecule has 31 heavy (non-hydrogen) atoms. The van der Waals surface area contributed by atoms with Crippen molar-refractivity contribution in [3.8, 4) is 5.69 Å². The lowest BCUT2D eigenvalue weighted by Crippen LogP contribution is -2.43. The maximum Gasteiger partial charge on any atom is 0.354 e. The minimum atomic E-state index is -1.10. The largest absolute Gasteiger partial charge is 0.477 e. The van der Waals surface area contributed by atoms with Crippen LogP contribution in [0.2, 0.25) is 0 Å². The van der Waals surface area contributed by atoms with Crippen LogP contribution in [0, 0.1) is 5.82 Å². The van der Waals surface area contributed by atoms with Crippen LogP contribution in [0.1, 0.15) is 55.7 Å². The highest BCUT2D eigenvalue weighted by atomic mass is 19.1. The minimum absolute atomic E-state index is 0.0406. The lowest BCUT2D eigenvalue weighted by molar-refractivity contribution is -0.0132. The number of carboxylic acids is 1. The number of ether oxygens (including phenoxy) is 1. The average molecular weight is 426 g/mol. The highest BCUT2D eigenvalue weighted by molar-refractivity contribution is 5.98. The van der Waals surface area contributed by atoms with E-state index in [1.807, 2.05) is 13.8 Å². The van der Waals surface area contributed by atoms with E-state index in [9.17, 15) is 14.3 Å². The fourth-order valence-corrected chi connectivity index (χ4v) is 4.07. The van der Waals surface area contributed by atoms with E-state index in [1.165, 1.54) is 12.1 Å². The molecule has 0 bridgehead atoms. The molecule has 1 aliphatic heterocycles. The Kier molecular flexibility index (Phi) is 5.43. The molecular formula is C23H27FN4O3. The summed E-state index contributed by atoms with van der Waals surface area (Å²) in [5.74, 6) is -1.35. The predicted octanol–water partition coefficient (Wildman–Crippen LogP) is 4.39. The first kappa shape index (κ1) is 21.2. The maximum atomic E-state index is 13.5. The molecule has 0 saturated carbocycles. The normalized spacial score (nSPS) is 16.3. The molecule has 1 saturated heterocycles. The number of nitrogens with zero attached hydrogens (tertiary/aromatic N) is 4. The Bertz CT molecular complexity index is 1120. The second-order valence-corrected chi connectivity index (χ2v) is 8.60. The third kappa shape index (κ3) is 3.87. The van der Waals surface area contributed by atoms with Gasteiger partial charge in [-0.15, -0.1) is 0 Å². The number of benzene rings is 1. The van der Waals surface area contributed by atoms with Gasteiger partial charge in [-0.25, -0.2) is 18.9 Å². The molecule has 164 valence electrons. The van der Waals surface area contributed by atoms with Crippen molar-refractivity contribution in [3.05, 3.63) is 47.5 Å². The Labute approximate surface area is 180 Å². The number of methoxy groups -OCH3 is 1. The second-order valence-electron chi connectivity index (χ2n) is 8.60. The lowest BCUT2D eigenvalue weighted by atomic mass is 9.92. The van der Waals surface area contributed by atoms with Crippen LogP contribution >= 0.6 is 0 Å². The van der Waals surface area contributed by atoms with Crippen LogP contribution in [0.3, 0.4) is 0 Å². The first-order chi connectivity index (χ1) is 14.7. The topological polar surface area (TPSA) is 80.5 Å². The van der Waals surface area contributed by atoms with Gasteiger partial charge in [0.2, 0.25) is 0 Å². The van der Waals surface area contributed by atoms with E-state index in [4.69, 9.17) is 9.84 Å². The van der Waals surface area contributed by atoms with Gasteiger partial charge < -0.3 is 14.7 Å². The molecule has 7 nitrogen and oxygen atoms in total. The summed E-state index contributed by atoms with van der Waals surface area (Å²) in [5.41, 5.74) is 2.52. The fraction of sp³-hybridized carbons (Fsp3) is 0.435. The van der Waals surface area contributed by atoms with Gasteiger partial charge in [-0.2, -0.15) is 5.10 Å². The molecule has 0 atom stereocenters. The molecule has 4 rings (SSSR count). The molecular weight excluding hydrogens is 399 g/mol. The summed E-state index contributed by atoms with van der Waals surface area (Å²) in [6.07, 6.45) is 1.66. The van der Waals surface area contributed by atoms with Gasteiger partial charge in [0.25, 0.3) is 0 Å². The van der Waals surface area contributed by atoms with Gasteiger partial charge in [-0.05, 0) is 56.0 Å². The van der Waals surface area contributed by atoms with Gasteiger partial charge in [0.05, 0.1) is 28.1 Å². The number of pyridine rings is 1. The van der Waals surface area contributed by atoms with Gasteiger partial charge >= 0.3 is 5.97 Å². The number of hydrogen-bond donors (Lipinski definition) is 1. The monoisotopic (exact) mass is 426 g/mol. The van der Waals surface area contributed by atoms with Crippen LogP contribution in [0.15, 0.2) is 30.3 Å². The van der Waals surface area contributed by atoms with E-state index < -0.39 is 5.97 Å². The first-order valence-electron chi connectivity index (χ1n) is 10.5. The van der Waals surface area contributed by atoms with E-state index >= 15 is 0 Å². The Morgan fingerprint density at radius 2 is 1.87 bits per heavy atom. The zero-order valence-corrected chi connectivity index (χ0v) is 18.2. The maximum absolute atomic E-state index is 13.5. The van der Waals surface area contributed by atoms with E-state index in [0.717, 1.165) is 42.7 Å². The van der Waals surface area contributed by atoms with Crippen LogP contribution in [-0.2, 0) is 4.74 Å². The molecule has 8 heteroatoms. The fourth-order valence-electron chi connectivity index (χ4n) is 4.07. The third-order valence-electron chi connectivity index (χ3n) is 6.14.